The van der Waals surface area contributed by atoms with Crippen LogP contribution in [0.25, 0.3) is 0 Å². The van der Waals surface area contributed by atoms with Gasteiger partial charge < -0.3 is 10.2 Å². The van der Waals surface area contributed by atoms with E-state index in [0.717, 1.165) is 25.1 Å². The smallest absolute Gasteiger partial charge is 0.222 e. The summed E-state index contributed by atoms with van der Waals surface area (Å²) in [5.41, 5.74) is 1.13. The number of amides is 1. The Morgan fingerprint density at radius 3 is 2.68 bits per heavy atom. The van der Waals surface area contributed by atoms with Gasteiger partial charge in [0.05, 0.1) is 0 Å². The molecule has 1 aromatic rings. The average molecular weight is 306 g/mol. The van der Waals surface area contributed by atoms with Gasteiger partial charge in [0.1, 0.15) is 0 Å². The van der Waals surface area contributed by atoms with Gasteiger partial charge in [-0.3, -0.25) is 9.78 Å². The highest BCUT2D eigenvalue weighted by Crippen LogP contribution is 2.14. The zero-order valence-electron chi connectivity index (χ0n) is 11.0. The number of carbonyl (C=O) groups is 1. The zero-order valence-corrected chi connectivity index (χ0v) is 12.7. The number of nitrogens with zero attached hydrogens (tertiary/aromatic N) is 2. The number of carbonyl (C=O) groups excluding carboxylic acids is 1. The Balaban J connectivity index is 0.00000162. The Morgan fingerprint density at radius 2 is 2.11 bits per heavy atom. The molecule has 2 rings (SSSR count). The first-order chi connectivity index (χ1) is 8.25. The molecule has 108 valence electrons. The van der Waals surface area contributed by atoms with Crippen LogP contribution >= 0.6 is 24.8 Å². The molecule has 6 heteroatoms. The van der Waals surface area contributed by atoms with Gasteiger partial charge in [-0.2, -0.15) is 0 Å². The van der Waals surface area contributed by atoms with E-state index in [-0.39, 0.29) is 30.7 Å². The standard InChI is InChI=1S/C13H19N3O.2ClH/c1-16(10-11-2-5-14-6-3-11)13(17)8-12-4-7-15-9-12;;/h2-3,5-6,12,15H,4,7-10H2,1H3;2*1H. The maximum atomic E-state index is 12.0. The van der Waals surface area contributed by atoms with Crippen molar-refractivity contribution in [2.45, 2.75) is 19.4 Å². The van der Waals surface area contributed by atoms with Gasteiger partial charge in [-0.05, 0) is 43.1 Å². The first kappa shape index (κ1) is 18.2. The molecule has 1 aliphatic rings. The number of nitrogens with one attached hydrogen (secondary N) is 1. The van der Waals surface area contributed by atoms with Crippen LogP contribution in [0, 0.1) is 5.92 Å². The summed E-state index contributed by atoms with van der Waals surface area (Å²) in [7, 11) is 1.87. The minimum Gasteiger partial charge on any atom is -0.341 e. The second kappa shape index (κ2) is 9.13. The van der Waals surface area contributed by atoms with E-state index in [9.17, 15) is 4.79 Å². The normalized spacial score (nSPS) is 17.2. The molecule has 1 aromatic heterocycles. The number of rotatable bonds is 4. The van der Waals surface area contributed by atoms with Gasteiger partial charge in [-0.25, -0.2) is 0 Å². The lowest BCUT2D eigenvalue weighted by Crippen LogP contribution is -2.28. The Bertz CT molecular complexity index is 369. The lowest BCUT2D eigenvalue weighted by molar-refractivity contribution is -0.131. The number of aromatic nitrogens is 1. The molecule has 2 heterocycles. The third-order valence-electron chi connectivity index (χ3n) is 3.22. The lowest BCUT2D eigenvalue weighted by Gasteiger charge is -2.19. The summed E-state index contributed by atoms with van der Waals surface area (Å²) in [5.74, 6) is 0.748. The van der Waals surface area contributed by atoms with E-state index in [1.54, 1.807) is 17.3 Å². The van der Waals surface area contributed by atoms with E-state index in [1.807, 2.05) is 19.2 Å². The van der Waals surface area contributed by atoms with E-state index >= 15 is 0 Å². The van der Waals surface area contributed by atoms with Crippen LogP contribution < -0.4 is 5.32 Å². The van der Waals surface area contributed by atoms with Crippen LogP contribution in [0.15, 0.2) is 24.5 Å². The molecule has 1 atom stereocenters. The minimum absolute atomic E-state index is 0. The quantitative estimate of drug-likeness (QED) is 0.924. The molecule has 1 fully saturated rings. The van der Waals surface area contributed by atoms with Crippen molar-refractivity contribution in [3.8, 4) is 0 Å². The van der Waals surface area contributed by atoms with Crippen molar-refractivity contribution in [1.29, 1.82) is 0 Å². The number of hydrogen-bond donors (Lipinski definition) is 1. The monoisotopic (exact) mass is 305 g/mol. The summed E-state index contributed by atoms with van der Waals surface area (Å²) in [6.07, 6.45) is 5.30. The number of hydrogen-bond acceptors (Lipinski definition) is 3. The SMILES string of the molecule is CN(Cc1ccncc1)C(=O)CC1CCNC1.Cl.Cl. The lowest BCUT2D eigenvalue weighted by atomic mass is 10.0. The molecule has 1 aliphatic heterocycles. The van der Waals surface area contributed by atoms with Gasteiger partial charge >= 0.3 is 0 Å². The fraction of sp³-hybridized carbons (Fsp3) is 0.538. The maximum Gasteiger partial charge on any atom is 0.222 e. The fourth-order valence-corrected chi connectivity index (χ4v) is 2.14. The summed E-state index contributed by atoms with van der Waals surface area (Å²) in [6.45, 7) is 2.70. The summed E-state index contributed by atoms with van der Waals surface area (Å²) < 4.78 is 0. The molecule has 1 N–H and O–H groups in total. The van der Waals surface area contributed by atoms with Crippen molar-refractivity contribution in [3.05, 3.63) is 30.1 Å². The maximum absolute atomic E-state index is 12.0. The van der Waals surface area contributed by atoms with E-state index < -0.39 is 0 Å². The van der Waals surface area contributed by atoms with Gasteiger partial charge in [0.25, 0.3) is 0 Å². The van der Waals surface area contributed by atoms with Gasteiger partial charge in [0.15, 0.2) is 0 Å². The summed E-state index contributed by atoms with van der Waals surface area (Å²) in [4.78, 5) is 17.8. The van der Waals surface area contributed by atoms with Crippen LogP contribution in [0.1, 0.15) is 18.4 Å². The third-order valence-corrected chi connectivity index (χ3v) is 3.22. The van der Waals surface area contributed by atoms with Crippen molar-refractivity contribution < 1.29 is 4.79 Å². The molecule has 1 amide bonds. The molecule has 1 unspecified atom stereocenters. The number of halogens is 2. The van der Waals surface area contributed by atoms with Crippen molar-refractivity contribution in [2.75, 3.05) is 20.1 Å². The van der Waals surface area contributed by atoms with Crippen LogP contribution in [-0.4, -0.2) is 35.9 Å². The predicted octanol–water partition coefficient (Wildman–Crippen LogP) is 1.88. The van der Waals surface area contributed by atoms with E-state index in [1.165, 1.54) is 0 Å². The highest BCUT2D eigenvalue weighted by Gasteiger charge is 2.20. The molecule has 0 aliphatic carbocycles. The van der Waals surface area contributed by atoms with Gasteiger partial charge in [-0.15, -0.1) is 24.8 Å². The third kappa shape index (κ3) is 5.76. The predicted molar refractivity (Wildman–Crippen MR) is 80.8 cm³/mol. The van der Waals surface area contributed by atoms with E-state index in [0.29, 0.717) is 18.9 Å². The molecule has 0 aromatic carbocycles. The molecule has 0 saturated carbocycles. The molecular formula is C13H21Cl2N3O. The van der Waals surface area contributed by atoms with Crippen LogP contribution in [0.5, 0.6) is 0 Å². The summed E-state index contributed by atoms with van der Waals surface area (Å²) in [6, 6.07) is 3.89. The van der Waals surface area contributed by atoms with Crippen LogP contribution in [-0.2, 0) is 11.3 Å². The minimum atomic E-state index is 0. The summed E-state index contributed by atoms with van der Waals surface area (Å²) in [5, 5.41) is 3.29. The fourth-order valence-electron chi connectivity index (χ4n) is 2.14. The van der Waals surface area contributed by atoms with Gasteiger partial charge in [0.2, 0.25) is 5.91 Å². The highest BCUT2D eigenvalue weighted by molar-refractivity contribution is 5.85. The van der Waals surface area contributed by atoms with E-state index in [4.69, 9.17) is 0 Å². The average Bonchev–Trinajstić information content (AvgIpc) is 2.83. The Labute approximate surface area is 126 Å². The van der Waals surface area contributed by atoms with Gasteiger partial charge in [-0.1, -0.05) is 0 Å². The number of pyridine rings is 1. The first-order valence-electron chi connectivity index (χ1n) is 6.09. The molecule has 19 heavy (non-hydrogen) atoms. The van der Waals surface area contributed by atoms with Crippen LogP contribution in [0.2, 0.25) is 0 Å². The van der Waals surface area contributed by atoms with Crippen molar-refractivity contribution in [3.63, 3.8) is 0 Å². The molecule has 4 nitrogen and oxygen atoms in total. The van der Waals surface area contributed by atoms with Crippen molar-refractivity contribution in [1.82, 2.24) is 15.2 Å². The largest absolute Gasteiger partial charge is 0.341 e. The van der Waals surface area contributed by atoms with E-state index in [2.05, 4.69) is 10.3 Å². The highest BCUT2D eigenvalue weighted by atomic mass is 35.5. The van der Waals surface area contributed by atoms with Crippen LogP contribution in [0.4, 0.5) is 0 Å². The Hall–Kier alpha value is -0.840. The Morgan fingerprint density at radius 1 is 1.42 bits per heavy atom. The Kier molecular flexibility index (Phi) is 8.72. The topological polar surface area (TPSA) is 45.2 Å². The molecule has 0 spiro atoms. The molecular weight excluding hydrogens is 285 g/mol. The summed E-state index contributed by atoms with van der Waals surface area (Å²) >= 11 is 0. The second-order valence-electron chi connectivity index (χ2n) is 4.67. The van der Waals surface area contributed by atoms with Crippen molar-refractivity contribution in [2.24, 2.45) is 5.92 Å². The second-order valence-corrected chi connectivity index (χ2v) is 4.67. The zero-order chi connectivity index (χ0) is 12.1. The molecule has 0 bridgehead atoms. The van der Waals surface area contributed by atoms with Gasteiger partial charge in [0, 0.05) is 32.4 Å². The molecule has 0 radical (unpaired) electrons. The molecule has 1 saturated heterocycles. The van der Waals surface area contributed by atoms with Crippen LogP contribution in [0.3, 0.4) is 0 Å². The first-order valence-corrected chi connectivity index (χ1v) is 6.09. The van der Waals surface area contributed by atoms with Crippen molar-refractivity contribution >= 4 is 30.7 Å².